The highest BCUT2D eigenvalue weighted by Crippen LogP contribution is 2.40. The minimum atomic E-state index is 0.179. The molecule has 0 saturated carbocycles. The van der Waals surface area contributed by atoms with Gasteiger partial charge >= 0.3 is 0 Å². The van der Waals surface area contributed by atoms with Crippen molar-refractivity contribution in [3.05, 3.63) is 23.8 Å². The summed E-state index contributed by atoms with van der Waals surface area (Å²) in [5.74, 6) is 0.402. The number of anilines is 1. The first-order chi connectivity index (χ1) is 6.77. The third-order valence-electron chi connectivity index (χ3n) is 2.88. The number of benzene rings is 1. The van der Waals surface area contributed by atoms with E-state index in [1.807, 2.05) is 0 Å². The van der Waals surface area contributed by atoms with Crippen LogP contribution in [0.1, 0.15) is 18.4 Å². The fourth-order valence-corrected chi connectivity index (χ4v) is 2.78. The van der Waals surface area contributed by atoms with Crippen molar-refractivity contribution in [2.75, 3.05) is 18.2 Å². The van der Waals surface area contributed by atoms with Gasteiger partial charge in [-0.25, -0.2) is 0 Å². The lowest BCUT2D eigenvalue weighted by Gasteiger charge is -2.13. The van der Waals surface area contributed by atoms with Crippen LogP contribution in [0.3, 0.4) is 0 Å². The summed E-state index contributed by atoms with van der Waals surface area (Å²) in [6.45, 7) is 2.36. The molecule has 1 aromatic rings. The average molecular weight is 209 g/mol. The molecule has 1 heterocycles. The maximum atomic E-state index is 9.20. The largest absolute Gasteiger partial charge is 0.394 e. The van der Waals surface area contributed by atoms with E-state index in [1.54, 1.807) is 11.8 Å². The molecule has 0 fully saturated rings. The number of nitrogens with one attached hydrogen (secondary N) is 1. The number of fused-ring (bicyclic) bond motifs is 1. The first-order valence-electron chi connectivity index (χ1n) is 4.82. The van der Waals surface area contributed by atoms with Crippen LogP contribution in [0.4, 0.5) is 5.69 Å². The van der Waals surface area contributed by atoms with Crippen LogP contribution in [0.25, 0.3) is 0 Å². The van der Waals surface area contributed by atoms with E-state index in [4.69, 9.17) is 0 Å². The Labute approximate surface area is 88.7 Å². The van der Waals surface area contributed by atoms with Gasteiger partial charge < -0.3 is 10.4 Å². The zero-order chi connectivity index (χ0) is 10.1. The van der Waals surface area contributed by atoms with E-state index in [-0.39, 0.29) is 12.6 Å². The van der Waals surface area contributed by atoms with E-state index in [2.05, 4.69) is 36.7 Å². The van der Waals surface area contributed by atoms with Crippen molar-refractivity contribution in [2.24, 2.45) is 0 Å². The van der Waals surface area contributed by atoms with Crippen molar-refractivity contribution in [1.82, 2.24) is 0 Å². The zero-order valence-corrected chi connectivity index (χ0v) is 9.27. The molecule has 0 radical (unpaired) electrons. The van der Waals surface area contributed by atoms with E-state index >= 15 is 0 Å². The quantitative estimate of drug-likeness (QED) is 0.733. The third-order valence-corrected chi connectivity index (χ3v) is 3.68. The Morgan fingerprint density at radius 1 is 1.50 bits per heavy atom. The molecule has 0 aromatic heterocycles. The van der Waals surface area contributed by atoms with E-state index in [0.717, 1.165) is 0 Å². The molecule has 2 nitrogen and oxygen atoms in total. The first kappa shape index (κ1) is 9.87. The van der Waals surface area contributed by atoms with Crippen molar-refractivity contribution in [3.63, 3.8) is 0 Å². The Bertz CT molecular complexity index is 340. The Hall–Kier alpha value is -0.670. The maximum Gasteiger partial charge on any atom is 0.0638 e. The van der Waals surface area contributed by atoms with Gasteiger partial charge in [0, 0.05) is 16.5 Å². The van der Waals surface area contributed by atoms with E-state index in [9.17, 15) is 5.11 Å². The van der Waals surface area contributed by atoms with Crippen LogP contribution in [0.2, 0.25) is 0 Å². The molecule has 0 aliphatic carbocycles. The Kier molecular flexibility index (Phi) is 2.70. The Morgan fingerprint density at radius 2 is 2.29 bits per heavy atom. The Balaban J connectivity index is 2.43. The molecule has 3 heteroatoms. The number of hydrogen-bond acceptors (Lipinski definition) is 3. The molecular weight excluding hydrogens is 194 g/mol. The number of rotatable bonds is 2. The second kappa shape index (κ2) is 3.83. The number of aliphatic hydroxyl groups excluding tert-OH is 1. The fraction of sp³-hybridized carbons (Fsp3) is 0.455. The molecule has 1 aliphatic heterocycles. The summed E-state index contributed by atoms with van der Waals surface area (Å²) < 4.78 is 0. The van der Waals surface area contributed by atoms with Gasteiger partial charge in [0.2, 0.25) is 0 Å². The summed E-state index contributed by atoms with van der Waals surface area (Å²) in [6.07, 6.45) is 2.09. The molecule has 0 amide bonds. The van der Waals surface area contributed by atoms with Crippen molar-refractivity contribution in [3.8, 4) is 0 Å². The SMILES string of the molecule is CSc1cccc2c1C(C)C(CO)N2. The number of thioether (sulfide) groups is 1. The van der Waals surface area contributed by atoms with Gasteiger partial charge in [-0.05, 0) is 24.0 Å². The summed E-state index contributed by atoms with van der Waals surface area (Å²) in [5.41, 5.74) is 2.54. The maximum absolute atomic E-state index is 9.20. The molecule has 0 saturated heterocycles. The van der Waals surface area contributed by atoms with Crippen LogP contribution in [0.15, 0.2) is 23.1 Å². The van der Waals surface area contributed by atoms with Crippen molar-refractivity contribution >= 4 is 17.4 Å². The van der Waals surface area contributed by atoms with Crippen LogP contribution >= 0.6 is 11.8 Å². The molecule has 0 bridgehead atoms. The first-order valence-corrected chi connectivity index (χ1v) is 6.04. The molecule has 1 aromatic carbocycles. The lowest BCUT2D eigenvalue weighted by Crippen LogP contribution is -2.22. The summed E-state index contributed by atoms with van der Waals surface area (Å²) >= 11 is 1.77. The van der Waals surface area contributed by atoms with E-state index in [1.165, 1.54) is 16.1 Å². The molecule has 76 valence electrons. The minimum absolute atomic E-state index is 0.179. The summed E-state index contributed by atoms with van der Waals surface area (Å²) in [5, 5.41) is 12.5. The van der Waals surface area contributed by atoms with Gasteiger partial charge in [0.1, 0.15) is 0 Å². The van der Waals surface area contributed by atoms with Gasteiger partial charge in [0.25, 0.3) is 0 Å². The van der Waals surface area contributed by atoms with Gasteiger partial charge in [-0.1, -0.05) is 13.0 Å². The predicted molar refractivity (Wildman–Crippen MR) is 61.1 cm³/mol. The van der Waals surface area contributed by atoms with Crippen LogP contribution < -0.4 is 5.32 Å². The fourth-order valence-electron chi connectivity index (χ4n) is 2.05. The highest BCUT2D eigenvalue weighted by Gasteiger charge is 2.29. The van der Waals surface area contributed by atoms with Crippen LogP contribution in [0, 0.1) is 0 Å². The van der Waals surface area contributed by atoms with Gasteiger partial charge in [0.15, 0.2) is 0 Å². The van der Waals surface area contributed by atoms with Crippen molar-refractivity contribution in [1.29, 1.82) is 0 Å². The molecule has 0 spiro atoms. The smallest absolute Gasteiger partial charge is 0.0638 e. The monoisotopic (exact) mass is 209 g/mol. The molecule has 2 atom stereocenters. The highest BCUT2D eigenvalue weighted by molar-refractivity contribution is 7.98. The van der Waals surface area contributed by atoms with Crippen molar-refractivity contribution in [2.45, 2.75) is 23.8 Å². The summed E-state index contributed by atoms with van der Waals surface area (Å²) in [4.78, 5) is 1.32. The molecule has 2 rings (SSSR count). The zero-order valence-electron chi connectivity index (χ0n) is 8.45. The van der Waals surface area contributed by atoms with Gasteiger partial charge in [-0.3, -0.25) is 0 Å². The summed E-state index contributed by atoms with van der Waals surface area (Å²) in [7, 11) is 0. The topological polar surface area (TPSA) is 32.3 Å². The average Bonchev–Trinajstić information content (AvgIpc) is 2.55. The van der Waals surface area contributed by atoms with E-state index < -0.39 is 0 Å². The van der Waals surface area contributed by atoms with Gasteiger partial charge in [0.05, 0.1) is 12.6 Å². The van der Waals surface area contributed by atoms with E-state index in [0.29, 0.717) is 5.92 Å². The van der Waals surface area contributed by atoms with Crippen LogP contribution in [-0.2, 0) is 0 Å². The van der Waals surface area contributed by atoms with Crippen LogP contribution in [-0.4, -0.2) is 24.0 Å². The van der Waals surface area contributed by atoms with Crippen LogP contribution in [0.5, 0.6) is 0 Å². The third kappa shape index (κ3) is 1.41. The number of aliphatic hydroxyl groups is 1. The summed E-state index contributed by atoms with van der Waals surface area (Å²) in [6, 6.07) is 6.46. The highest BCUT2D eigenvalue weighted by atomic mass is 32.2. The van der Waals surface area contributed by atoms with Gasteiger partial charge in [-0.2, -0.15) is 0 Å². The molecule has 2 unspecified atom stereocenters. The second-order valence-corrected chi connectivity index (χ2v) is 4.49. The second-order valence-electron chi connectivity index (χ2n) is 3.64. The molecule has 2 N–H and O–H groups in total. The Morgan fingerprint density at radius 3 is 2.93 bits per heavy atom. The number of hydrogen-bond donors (Lipinski definition) is 2. The van der Waals surface area contributed by atoms with Crippen molar-refractivity contribution < 1.29 is 5.11 Å². The lowest BCUT2D eigenvalue weighted by atomic mass is 9.98. The standard InChI is InChI=1S/C11H15NOS/c1-7-9(6-13)12-8-4-3-5-10(14-2)11(7)8/h3-5,7,9,12-13H,6H2,1-2H3. The molecule has 1 aliphatic rings. The predicted octanol–water partition coefficient (Wildman–Crippen LogP) is 2.30. The molecular formula is C11H15NOS. The lowest BCUT2D eigenvalue weighted by molar-refractivity contribution is 0.266. The minimum Gasteiger partial charge on any atom is -0.394 e. The normalized spacial score (nSPS) is 24.5. The molecule has 14 heavy (non-hydrogen) atoms. The van der Waals surface area contributed by atoms with Gasteiger partial charge in [-0.15, -0.1) is 11.8 Å².